The minimum absolute atomic E-state index is 0.0950. The molecule has 6 nitrogen and oxygen atoms in total. The first-order valence-electron chi connectivity index (χ1n) is 9.01. The Kier molecular flexibility index (Phi) is 5.64. The van der Waals surface area contributed by atoms with E-state index in [0.717, 1.165) is 51.6 Å². The molecular weight excluding hydrogens is 340 g/mol. The number of hydrogen-bond donors (Lipinski definition) is 0. The van der Waals surface area contributed by atoms with Crippen molar-refractivity contribution in [3.8, 4) is 5.75 Å². The van der Waals surface area contributed by atoms with Crippen molar-refractivity contribution < 1.29 is 17.9 Å². The summed E-state index contributed by atoms with van der Waals surface area (Å²) < 4.78 is 32.6. The van der Waals surface area contributed by atoms with Gasteiger partial charge in [-0.3, -0.25) is 4.79 Å². The SMILES string of the molecule is COc1ccc(C(=O)N2CCCCCC2)cc1S(=O)(=O)N1CCCC1. The molecule has 0 radical (unpaired) electrons. The molecule has 2 heterocycles. The lowest BCUT2D eigenvalue weighted by Gasteiger charge is -2.22. The standard InChI is InChI=1S/C18H26N2O4S/c1-24-16-9-8-15(18(21)19-10-4-2-3-5-11-19)14-17(16)25(22,23)20-12-6-7-13-20/h8-9,14H,2-7,10-13H2,1H3. The van der Waals surface area contributed by atoms with Gasteiger partial charge in [0.05, 0.1) is 7.11 Å². The van der Waals surface area contributed by atoms with Crippen LogP contribution < -0.4 is 4.74 Å². The lowest BCUT2D eigenvalue weighted by molar-refractivity contribution is 0.0761. The second-order valence-electron chi connectivity index (χ2n) is 6.68. The molecule has 1 aromatic rings. The maximum Gasteiger partial charge on any atom is 0.253 e. The van der Waals surface area contributed by atoms with Crippen LogP contribution in [0.3, 0.4) is 0 Å². The first-order valence-corrected chi connectivity index (χ1v) is 10.5. The molecule has 25 heavy (non-hydrogen) atoms. The second-order valence-corrected chi connectivity index (χ2v) is 8.59. The highest BCUT2D eigenvalue weighted by molar-refractivity contribution is 7.89. The molecule has 1 aromatic carbocycles. The first-order chi connectivity index (χ1) is 12.0. The maximum atomic E-state index is 12.9. The third-order valence-corrected chi connectivity index (χ3v) is 6.91. The molecule has 7 heteroatoms. The average Bonchev–Trinajstić information content (AvgIpc) is 3.04. The molecule has 2 aliphatic rings. The number of amides is 1. The van der Waals surface area contributed by atoms with Crippen LogP contribution in [0, 0.1) is 0 Å². The number of ether oxygens (including phenoxy) is 1. The fraction of sp³-hybridized carbons (Fsp3) is 0.611. The third kappa shape index (κ3) is 3.82. The minimum Gasteiger partial charge on any atom is -0.495 e. The van der Waals surface area contributed by atoms with E-state index in [0.29, 0.717) is 24.4 Å². The molecule has 2 saturated heterocycles. The number of rotatable bonds is 4. The number of benzene rings is 1. The van der Waals surface area contributed by atoms with Gasteiger partial charge in [0.1, 0.15) is 10.6 Å². The molecule has 0 saturated carbocycles. The van der Waals surface area contributed by atoms with Crippen LogP contribution in [0.15, 0.2) is 23.1 Å². The molecule has 2 aliphatic heterocycles. The quantitative estimate of drug-likeness (QED) is 0.821. The second kappa shape index (κ2) is 7.74. The smallest absolute Gasteiger partial charge is 0.253 e. The summed E-state index contributed by atoms with van der Waals surface area (Å²) in [6.07, 6.45) is 6.02. The van der Waals surface area contributed by atoms with Gasteiger partial charge in [-0.2, -0.15) is 4.31 Å². The summed E-state index contributed by atoms with van der Waals surface area (Å²) in [5.74, 6) is 0.196. The number of hydrogen-bond acceptors (Lipinski definition) is 4. The number of likely N-dealkylation sites (tertiary alicyclic amines) is 1. The van der Waals surface area contributed by atoms with Crippen molar-refractivity contribution in [2.45, 2.75) is 43.4 Å². The highest BCUT2D eigenvalue weighted by Gasteiger charge is 2.31. The number of carbonyl (C=O) groups is 1. The van der Waals surface area contributed by atoms with Gasteiger partial charge in [-0.05, 0) is 43.9 Å². The van der Waals surface area contributed by atoms with Crippen molar-refractivity contribution in [1.29, 1.82) is 0 Å². The van der Waals surface area contributed by atoms with Crippen LogP contribution in [-0.2, 0) is 10.0 Å². The van der Waals surface area contributed by atoms with Gasteiger partial charge in [0.2, 0.25) is 10.0 Å². The van der Waals surface area contributed by atoms with Crippen molar-refractivity contribution in [2.24, 2.45) is 0 Å². The van der Waals surface area contributed by atoms with E-state index >= 15 is 0 Å². The highest BCUT2D eigenvalue weighted by atomic mass is 32.2. The molecule has 0 N–H and O–H groups in total. The lowest BCUT2D eigenvalue weighted by Crippen LogP contribution is -2.32. The Morgan fingerprint density at radius 1 is 0.960 bits per heavy atom. The first kappa shape index (κ1) is 18.2. The van der Waals surface area contributed by atoms with E-state index < -0.39 is 10.0 Å². The molecule has 2 fully saturated rings. The van der Waals surface area contributed by atoms with E-state index in [9.17, 15) is 13.2 Å². The zero-order chi connectivity index (χ0) is 17.9. The van der Waals surface area contributed by atoms with Crippen LogP contribution in [0.2, 0.25) is 0 Å². The normalized spacial score (nSPS) is 19.6. The van der Waals surface area contributed by atoms with E-state index in [2.05, 4.69) is 0 Å². The van der Waals surface area contributed by atoms with Gasteiger partial charge < -0.3 is 9.64 Å². The Balaban J connectivity index is 1.93. The number of nitrogens with zero attached hydrogens (tertiary/aromatic N) is 2. The van der Waals surface area contributed by atoms with E-state index in [4.69, 9.17) is 4.74 Å². The Morgan fingerprint density at radius 3 is 2.16 bits per heavy atom. The van der Waals surface area contributed by atoms with Gasteiger partial charge in [0.15, 0.2) is 0 Å². The van der Waals surface area contributed by atoms with E-state index in [-0.39, 0.29) is 10.8 Å². The maximum absolute atomic E-state index is 12.9. The van der Waals surface area contributed by atoms with Crippen LogP contribution in [0.4, 0.5) is 0 Å². The van der Waals surface area contributed by atoms with Gasteiger partial charge in [-0.1, -0.05) is 12.8 Å². The Morgan fingerprint density at radius 2 is 1.56 bits per heavy atom. The number of sulfonamides is 1. The van der Waals surface area contributed by atoms with Crippen LogP contribution in [0.5, 0.6) is 5.75 Å². The predicted octanol–water partition coefficient (Wildman–Crippen LogP) is 2.50. The average molecular weight is 366 g/mol. The fourth-order valence-corrected chi connectivity index (χ4v) is 5.23. The molecule has 1 amide bonds. The highest BCUT2D eigenvalue weighted by Crippen LogP contribution is 2.30. The van der Waals surface area contributed by atoms with Crippen molar-refractivity contribution in [3.05, 3.63) is 23.8 Å². The van der Waals surface area contributed by atoms with Gasteiger partial charge >= 0.3 is 0 Å². The molecule has 0 spiro atoms. The van der Waals surface area contributed by atoms with Crippen molar-refractivity contribution in [2.75, 3.05) is 33.3 Å². The zero-order valence-electron chi connectivity index (χ0n) is 14.7. The molecule has 0 bridgehead atoms. The molecule has 3 rings (SSSR count). The summed E-state index contributed by atoms with van der Waals surface area (Å²) >= 11 is 0. The molecule has 0 aromatic heterocycles. The Hall–Kier alpha value is -1.60. The van der Waals surface area contributed by atoms with Gasteiger partial charge in [-0.25, -0.2) is 8.42 Å². The summed E-state index contributed by atoms with van der Waals surface area (Å²) in [4.78, 5) is 14.8. The summed E-state index contributed by atoms with van der Waals surface area (Å²) in [5.41, 5.74) is 0.417. The molecule has 0 aliphatic carbocycles. The van der Waals surface area contributed by atoms with E-state index in [1.165, 1.54) is 17.5 Å². The van der Waals surface area contributed by atoms with Crippen LogP contribution >= 0.6 is 0 Å². The lowest BCUT2D eigenvalue weighted by atomic mass is 10.2. The predicted molar refractivity (Wildman–Crippen MR) is 95.4 cm³/mol. The summed E-state index contributed by atoms with van der Waals surface area (Å²) in [6, 6.07) is 4.74. The van der Waals surface area contributed by atoms with Gasteiger partial charge in [0.25, 0.3) is 5.91 Å². The van der Waals surface area contributed by atoms with Gasteiger partial charge in [-0.15, -0.1) is 0 Å². The fourth-order valence-electron chi connectivity index (χ4n) is 3.54. The molecular formula is C18H26N2O4S. The van der Waals surface area contributed by atoms with E-state index in [1.54, 1.807) is 12.1 Å². The van der Waals surface area contributed by atoms with Crippen LogP contribution in [-0.4, -0.2) is 56.8 Å². The molecule has 138 valence electrons. The summed E-state index contributed by atoms with van der Waals surface area (Å²) in [5, 5.41) is 0. The van der Waals surface area contributed by atoms with Crippen LogP contribution in [0.1, 0.15) is 48.9 Å². The Bertz CT molecular complexity index is 719. The summed E-state index contributed by atoms with van der Waals surface area (Å²) in [7, 11) is -2.18. The molecule has 0 unspecified atom stereocenters. The third-order valence-electron chi connectivity index (χ3n) is 4.99. The van der Waals surface area contributed by atoms with Crippen molar-refractivity contribution >= 4 is 15.9 Å². The number of methoxy groups -OCH3 is 1. The Labute approximate surface area is 149 Å². The summed E-state index contributed by atoms with van der Waals surface area (Å²) in [6.45, 7) is 2.52. The monoisotopic (exact) mass is 366 g/mol. The van der Waals surface area contributed by atoms with Crippen LogP contribution in [0.25, 0.3) is 0 Å². The molecule has 0 atom stereocenters. The van der Waals surface area contributed by atoms with Crippen molar-refractivity contribution in [3.63, 3.8) is 0 Å². The van der Waals surface area contributed by atoms with E-state index in [1.807, 2.05) is 4.90 Å². The minimum atomic E-state index is -3.64. The topological polar surface area (TPSA) is 66.9 Å². The van der Waals surface area contributed by atoms with Gasteiger partial charge in [0, 0.05) is 31.7 Å². The largest absolute Gasteiger partial charge is 0.495 e. The van der Waals surface area contributed by atoms with Crippen molar-refractivity contribution in [1.82, 2.24) is 9.21 Å². The zero-order valence-corrected chi connectivity index (χ0v) is 15.6. The number of carbonyl (C=O) groups excluding carboxylic acids is 1.